The highest BCUT2D eigenvalue weighted by Gasteiger charge is 2.32. The zero-order valence-electron chi connectivity index (χ0n) is 14.2. The SMILES string of the molecule is CC(C)(C)OC(=O)N(c1ccc(C=CC(=O)O)cn1)[C@@H]1CCNC1. The number of ether oxygens (including phenoxy) is 1. The number of hydrogen-bond donors (Lipinski definition) is 2. The van der Waals surface area contributed by atoms with Gasteiger partial charge in [-0.05, 0) is 57.5 Å². The standard InChI is InChI=1S/C17H23N3O4/c1-17(2,3)24-16(23)20(13-8-9-18-11-13)14-6-4-12(10-19-14)5-7-15(21)22/h4-7,10,13,18H,8-9,11H2,1-3H3,(H,21,22)/t13-/m1/s1. The molecule has 0 spiro atoms. The molecule has 0 aromatic carbocycles. The minimum absolute atomic E-state index is 0.0206. The molecule has 1 saturated heterocycles. The van der Waals surface area contributed by atoms with Crippen LogP contribution in [0.3, 0.4) is 0 Å². The van der Waals surface area contributed by atoms with Crippen molar-refractivity contribution in [2.24, 2.45) is 0 Å². The number of pyridine rings is 1. The second kappa shape index (κ2) is 7.44. The Labute approximate surface area is 141 Å². The van der Waals surface area contributed by atoms with E-state index in [1.54, 1.807) is 17.0 Å². The Morgan fingerprint density at radius 3 is 2.67 bits per heavy atom. The highest BCUT2D eigenvalue weighted by Crippen LogP contribution is 2.22. The molecule has 0 aliphatic carbocycles. The maximum Gasteiger partial charge on any atom is 0.416 e. The van der Waals surface area contributed by atoms with Crippen LogP contribution < -0.4 is 10.2 Å². The minimum Gasteiger partial charge on any atom is -0.478 e. The lowest BCUT2D eigenvalue weighted by Gasteiger charge is -2.30. The predicted octanol–water partition coefficient (Wildman–Crippen LogP) is 2.28. The van der Waals surface area contributed by atoms with Gasteiger partial charge in [-0.3, -0.25) is 4.90 Å². The van der Waals surface area contributed by atoms with Crippen molar-refractivity contribution >= 4 is 24.0 Å². The van der Waals surface area contributed by atoms with E-state index in [1.807, 2.05) is 20.8 Å². The minimum atomic E-state index is -1.02. The summed E-state index contributed by atoms with van der Waals surface area (Å²) in [6, 6.07) is 3.40. The zero-order valence-corrected chi connectivity index (χ0v) is 14.2. The van der Waals surface area contributed by atoms with Crippen LogP contribution in [0.2, 0.25) is 0 Å². The monoisotopic (exact) mass is 333 g/mol. The van der Waals surface area contributed by atoms with Crippen LogP contribution in [0, 0.1) is 0 Å². The number of nitrogens with zero attached hydrogens (tertiary/aromatic N) is 2. The normalized spacial score (nSPS) is 17.9. The number of nitrogens with one attached hydrogen (secondary N) is 1. The van der Waals surface area contributed by atoms with Crippen molar-refractivity contribution < 1.29 is 19.4 Å². The lowest BCUT2D eigenvalue weighted by atomic mass is 10.2. The molecule has 2 rings (SSSR count). The summed E-state index contributed by atoms with van der Waals surface area (Å²) in [7, 11) is 0. The van der Waals surface area contributed by atoms with Crippen molar-refractivity contribution in [3.05, 3.63) is 30.0 Å². The molecule has 7 heteroatoms. The Morgan fingerprint density at radius 2 is 2.17 bits per heavy atom. The fraction of sp³-hybridized carbons (Fsp3) is 0.471. The number of amides is 1. The van der Waals surface area contributed by atoms with Crippen molar-refractivity contribution in [2.75, 3.05) is 18.0 Å². The van der Waals surface area contributed by atoms with E-state index >= 15 is 0 Å². The summed E-state index contributed by atoms with van der Waals surface area (Å²) < 4.78 is 5.50. The first-order valence-corrected chi connectivity index (χ1v) is 7.86. The quantitative estimate of drug-likeness (QED) is 0.821. The molecule has 7 nitrogen and oxygen atoms in total. The van der Waals surface area contributed by atoms with Crippen LogP contribution in [-0.4, -0.2) is 46.9 Å². The third-order valence-electron chi connectivity index (χ3n) is 3.43. The molecule has 1 aliphatic rings. The number of aromatic nitrogens is 1. The van der Waals surface area contributed by atoms with Gasteiger partial charge in [0, 0.05) is 18.8 Å². The van der Waals surface area contributed by atoms with Crippen LogP contribution in [0.15, 0.2) is 24.4 Å². The topological polar surface area (TPSA) is 91.8 Å². The van der Waals surface area contributed by atoms with Gasteiger partial charge in [0.05, 0.1) is 6.04 Å². The van der Waals surface area contributed by atoms with Crippen molar-refractivity contribution in [3.8, 4) is 0 Å². The summed E-state index contributed by atoms with van der Waals surface area (Å²) in [5, 5.41) is 11.9. The van der Waals surface area contributed by atoms with Crippen LogP contribution in [0.25, 0.3) is 6.08 Å². The fourth-order valence-electron chi connectivity index (χ4n) is 2.41. The van der Waals surface area contributed by atoms with Gasteiger partial charge in [0.1, 0.15) is 11.4 Å². The molecule has 0 bridgehead atoms. The number of anilines is 1. The van der Waals surface area contributed by atoms with Gasteiger partial charge in [0.25, 0.3) is 0 Å². The van der Waals surface area contributed by atoms with E-state index in [2.05, 4.69) is 10.3 Å². The Bertz CT molecular complexity index is 614. The van der Waals surface area contributed by atoms with Gasteiger partial charge in [-0.15, -0.1) is 0 Å². The van der Waals surface area contributed by atoms with Crippen LogP contribution >= 0.6 is 0 Å². The molecule has 0 unspecified atom stereocenters. The number of hydrogen-bond acceptors (Lipinski definition) is 5. The fourth-order valence-corrected chi connectivity index (χ4v) is 2.41. The van der Waals surface area contributed by atoms with Crippen molar-refractivity contribution in [3.63, 3.8) is 0 Å². The van der Waals surface area contributed by atoms with Crippen molar-refractivity contribution in [1.82, 2.24) is 10.3 Å². The van der Waals surface area contributed by atoms with Crippen LogP contribution in [0.4, 0.5) is 10.6 Å². The molecule has 2 N–H and O–H groups in total. The summed E-state index contributed by atoms with van der Waals surface area (Å²) in [5.74, 6) is -0.531. The number of carboxylic acids is 1. The van der Waals surface area contributed by atoms with E-state index in [4.69, 9.17) is 9.84 Å². The lowest BCUT2D eigenvalue weighted by molar-refractivity contribution is -0.131. The Morgan fingerprint density at radius 1 is 1.42 bits per heavy atom. The van der Waals surface area contributed by atoms with E-state index in [9.17, 15) is 9.59 Å². The maximum absolute atomic E-state index is 12.6. The molecule has 0 radical (unpaired) electrons. The molecular formula is C17H23N3O4. The van der Waals surface area contributed by atoms with E-state index in [1.165, 1.54) is 12.3 Å². The zero-order chi connectivity index (χ0) is 17.7. The maximum atomic E-state index is 12.6. The van der Waals surface area contributed by atoms with Gasteiger partial charge in [-0.25, -0.2) is 14.6 Å². The molecule has 0 saturated carbocycles. The number of aliphatic carboxylic acids is 1. The second-order valence-electron chi connectivity index (χ2n) is 6.62. The predicted molar refractivity (Wildman–Crippen MR) is 90.9 cm³/mol. The Kier molecular flexibility index (Phi) is 5.56. The Balaban J connectivity index is 2.23. The molecule has 1 atom stereocenters. The van der Waals surface area contributed by atoms with Crippen molar-refractivity contribution in [1.29, 1.82) is 0 Å². The molecule has 1 fully saturated rings. The molecular weight excluding hydrogens is 310 g/mol. The highest BCUT2D eigenvalue weighted by molar-refractivity contribution is 5.88. The van der Waals surface area contributed by atoms with E-state index in [0.29, 0.717) is 17.9 Å². The molecule has 2 heterocycles. The number of carboxylic acid groups (broad SMARTS) is 1. The molecule has 1 aromatic heterocycles. The van der Waals surface area contributed by atoms with Crippen LogP contribution in [0.5, 0.6) is 0 Å². The molecule has 24 heavy (non-hydrogen) atoms. The molecule has 1 aliphatic heterocycles. The highest BCUT2D eigenvalue weighted by atomic mass is 16.6. The average Bonchev–Trinajstić information content (AvgIpc) is 2.98. The van der Waals surface area contributed by atoms with Crippen LogP contribution in [0.1, 0.15) is 32.8 Å². The summed E-state index contributed by atoms with van der Waals surface area (Å²) in [4.78, 5) is 29.0. The first kappa shape index (κ1) is 17.9. The van der Waals surface area contributed by atoms with Gasteiger partial charge >= 0.3 is 12.1 Å². The number of carbonyl (C=O) groups excluding carboxylic acids is 1. The van der Waals surface area contributed by atoms with E-state index in [-0.39, 0.29) is 6.04 Å². The van der Waals surface area contributed by atoms with Crippen molar-refractivity contribution in [2.45, 2.75) is 38.8 Å². The average molecular weight is 333 g/mol. The van der Waals surface area contributed by atoms with Gasteiger partial charge in [0.15, 0.2) is 0 Å². The third-order valence-corrected chi connectivity index (χ3v) is 3.43. The number of carbonyl (C=O) groups is 2. The second-order valence-corrected chi connectivity index (χ2v) is 6.62. The molecule has 1 aromatic rings. The van der Waals surface area contributed by atoms with Gasteiger partial charge < -0.3 is 15.2 Å². The van der Waals surface area contributed by atoms with Gasteiger partial charge in [-0.1, -0.05) is 0 Å². The Hall–Kier alpha value is -2.41. The van der Waals surface area contributed by atoms with E-state index < -0.39 is 17.7 Å². The summed E-state index contributed by atoms with van der Waals surface area (Å²) in [5.41, 5.74) is 0.0563. The largest absolute Gasteiger partial charge is 0.478 e. The summed E-state index contributed by atoms with van der Waals surface area (Å²) >= 11 is 0. The smallest absolute Gasteiger partial charge is 0.416 e. The first-order chi connectivity index (χ1) is 11.3. The van der Waals surface area contributed by atoms with Crippen LogP contribution in [-0.2, 0) is 9.53 Å². The van der Waals surface area contributed by atoms with Gasteiger partial charge in [0.2, 0.25) is 0 Å². The molecule has 1 amide bonds. The lowest BCUT2D eigenvalue weighted by Crippen LogP contribution is -2.45. The molecule has 130 valence electrons. The summed E-state index contributed by atoms with van der Waals surface area (Å²) in [6.07, 6.45) is 4.42. The first-order valence-electron chi connectivity index (χ1n) is 7.86. The van der Waals surface area contributed by atoms with E-state index in [0.717, 1.165) is 19.0 Å². The number of rotatable bonds is 4. The summed E-state index contributed by atoms with van der Waals surface area (Å²) in [6.45, 7) is 6.99. The van der Waals surface area contributed by atoms with Gasteiger partial charge in [-0.2, -0.15) is 0 Å². The third kappa shape index (κ3) is 5.06.